The zero-order valence-electron chi connectivity index (χ0n) is 11.3. The molecule has 1 atom stereocenters. The van der Waals surface area contributed by atoms with E-state index in [0.29, 0.717) is 13.2 Å². The van der Waals surface area contributed by atoms with Crippen molar-refractivity contribution in [3.63, 3.8) is 0 Å². The molecule has 0 spiro atoms. The van der Waals surface area contributed by atoms with E-state index in [1.165, 1.54) is 18.2 Å². The molecule has 0 radical (unpaired) electrons. The fourth-order valence-corrected chi connectivity index (χ4v) is 1.57. The molecule has 1 aromatic rings. The molecular weight excluding hydrogens is 264 g/mol. The number of nitrogens with one attached hydrogen (secondary N) is 2. The number of benzene rings is 1. The average Bonchev–Trinajstić information content (AvgIpc) is 2.39. The van der Waals surface area contributed by atoms with Crippen LogP contribution in [0.3, 0.4) is 0 Å². The minimum Gasteiger partial charge on any atom is -0.507 e. The number of carbonyl (C=O) groups is 2. The van der Waals surface area contributed by atoms with Gasteiger partial charge in [0.2, 0.25) is 0 Å². The van der Waals surface area contributed by atoms with Crippen molar-refractivity contribution in [2.45, 2.75) is 6.92 Å². The lowest BCUT2D eigenvalue weighted by Gasteiger charge is -2.12. The van der Waals surface area contributed by atoms with E-state index in [1.54, 1.807) is 7.11 Å². The first-order valence-corrected chi connectivity index (χ1v) is 6.04. The van der Waals surface area contributed by atoms with Gasteiger partial charge < -0.3 is 25.6 Å². The zero-order chi connectivity index (χ0) is 15.1. The predicted octanol–water partition coefficient (Wildman–Crippen LogP) is 1.49. The molecule has 20 heavy (non-hydrogen) atoms. The van der Waals surface area contributed by atoms with Crippen LogP contribution in [0.1, 0.15) is 17.3 Å². The highest BCUT2D eigenvalue weighted by Gasteiger charge is 2.11. The third-order valence-corrected chi connectivity index (χ3v) is 2.55. The number of carbonyl (C=O) groups excluding carboxylic acids is 1. The number of phenols is 1. The van der Waals surface area contributed by atoms with Gasteiger partial charge in [-0.25, -0.2) is 9.59 Å². The molecular formula is C13H18N2O5. The number of amides is 2. The van der Waals surface area contributed by atoms with Crippen molar-refractivity contribution in [3.8, 4) is 5.75 Å². The summed E-state index contributed by atoms with van der Waals surface area (Å²) in [6.45, 7) is 2.89. The van der Waals surface area contributed by atoms with E-state index >= 15 is 0 Å². The molecule has 1 unspecified atom stereocenters. The van der Waals surface area contributed by atoms with Crippen LogP contribution in [0.25, 0.3) is 0 Å². The standard InChI is InChI=1S/C13H18N2O5/c1-8(7-20-2)6-14-13(19)15-9-3-4-11(16)10(5-9)12(17)18/h3-5,8,16H,6-7H2,1-2H3,(H,17,18)(H2,14,15,19). The van der Waals surface area contributed by atoms with Crippen LogP contribution in [-0.2, 0) is 4.74 Å². The smallest absolute Gasteiger partial charge is 0.339 e. The lowest BCUT2D eigenvalue weighted by Crippen LogP contribution is -2.33. The molecule has 0 aliphatic carbocycles. The number of urea groups is 1. The summed E-state index contributed by atoms with van der Waals surface area (Å²) in [7, 11) is 1.58. The van der Waals surface area contributed by atoms with Gasteiger partial charge in [0.05, 0.1) is 6.61 Å². The first kappa shape index (κ1) is 15.8. The van der Waals surface area contributed by atoms with Crippen LogP contribution in [0.2, 0.25) is 0 Å². The Morgan fingerprint density at radius 1 is 1.40 bits per heavy atom. The van der Waals surface area contributed by atoms with Gasteiger partial charge in [0, 0.05) is 19.3 Å². The zero-order valence-corrected chi connectivity index (χ0v) is 11.3. The topological polar surface area (TPSA) is 108 Å². The van der Waals surface area contributed by atoms with Crippen molar-refractivity contribution in [1.82, 2.24) is 5.32 Å². The minimum absolute atomic E-state index is 0.167. The van der Waals surface area contributed by atoms with Gasteiger partial charge in [-0.3, -0.25) is 0 Å². The predicted molar refractivity (Wildman–Crippen MR) is 73.1 cm³/mol. The van der Waals surface area contributed by atoms with Crippen LogP contribution in [0, 0.1) is 5.92 Å². The van der Waals surface area contributed by atoms with Crippen LogP contribution in [0.15, 0.2) is 18.2 Å². The summed E-state index contributed by atoms with van der Waals surface area (Å²) >= 11 is 0. The highest BCUT2D eigenvalue weighted by molar-refractivity contribution is 5.95. The third kappa shape index (κ3) is 4.77. The van der Waals surface area contributed by atoms with Gasteiger partial charge in [-0.2, -0.15) is 0 Å². The molecule has 0 heterocycles. The third-order valence-electron chi connectivity index (χ3n) is 2.55. The number of rotatable bonds is 6. The summed E-state index contributed by atoms with van der Waals surface area (Å²) < 4.78 is 4.94. The number of hydrogen-bond donors (Lipinski definition) is 4. The Morgan fingerprint density at radius 3 is 2.70 bits per heavy atom. The quantitative estimate of drug-likeness (QED) is 0.591. The summed E-state index contributed by atoms with van der Waals surface area (Å²) in [5.41, 5.74) is 0.0210. The molecule has 0 saturated heterocycles. The minimum atomic E-state index is -1.26. The maximum Gasteiger partial charge on any atom is 0.339 e. The van der Waals surface area contributed by atoms with Crippen LogP contribution in [0.4, 0.5) is 10.5 Å². The molecule has 4 N–H and O–H groups in total. The molecule has 0 aromatic heterocycles. The van der Waals surface area contributed by atoms with Gasteiger partial charge in [0.1, 0.15) is 11.3 Å². The number of methoxy groups -OCH3 is 1. The van der Waals surface area contributed by atoms with Gasteiger partial charge in [-0.1, -0.05) is 6.92 Å². The maximum absolute atomic E-state index is 11.6. The Labute approximate surface area is 116 Å². The summed E-state index contributed by atoms with van der Waals surface area (Å²) in [5, 5.41) is 23.3. The number of carboxylic acid groups (broad SMARTS) is 1. The van der Waals surface area contributed by atoms with E-state index < -0.39 is 12.0 Å². The lowest BCUT2D eigenvalue weighted by molar-refractivity contribution is 0.0693. The van der Waals surface area contributed by atoms with Crippen molar-refractivity contribution < 1.29 is 24.5 Å². The molecule has 7 heteroatoms. The number of aromatic hydroxyl groups is 1. The highest BCUT2D eigenvalue weighted by atomic mass is 16.5. The number of hydrogen-bond acceptors (Lipinski definition) is 4. The summed E-state index contributed by atoms with van der Waals surface area (Å²) in [4.78, 5) is 22.5. The average molecular weight is 282 g/mol. The number of ether oxygens (including phenoxy) is 1. The SMILES string of the molecule is COCC(C)CNC(=O)Nc1ccc(O)c(C(=O)O)c1. The summed E-state index contributed by atoms with van der Waals surface area (Å²) in [6.07, 6.45) is 0. The Balaban J connectivity index is 2.58. The summed E-state index contributed by atoms with van der Waals surface area (Å²) in [6, 6.07) is 3.37. The Morgan fingerprint density at radius 2 is 2.10 bits per heavy atom. The molecule has 0 fully saturated rings. The largest absolute Gasteiger partial charge is 0.507 e. The number of anilines is 1. The second-order valence-corrected chi connectivity index (χ2v) is 4.43. The molecule has 2 amide bonds. The fraction of sp³-hybridized carbons (Fsp3) is 0.385. The normalized spacial score (nSPS) is 11.7. The monoisotopic (exact) mass is 282 g/mol. The van der Waals surface area contributed by atoms with Gasteiger partial charge in [-0.05, 0) is 24.1 Å². The van der Waals surface area contributed by atoms with Gasteiger partial charge in [0.15, 0.2) is 0 Å². The van der Waals surface area contributed by atoms with E-state index in [1.807, 2.05) is 6.92 Å². The van der Waals surface area contributed by atoms with Gasteiger partial charge in [-0.15, -0.1) is 0 Å². The fourth-order valence-electron chi connectivity index (χ4n) is 1.57. The molecule has 0 aliphatic heterocycles. The first-order valence-electron chi connectivity index (χ1n) is 6.04. The molecule has 0 saturated carbocycles. The maximum atomic E-state index is 11.6. The Kier molecular flexibility index (Phi) is 5.79. The second kappa shape index (κ2) is 7.34. The van der Waals surface area contributed by atoms with Crippen LogP contribution >= 0.6 is 0 Å². The Bertz CT molecular complexity index is 490. The van der Waals surface area contributed by atoms with Crippen molar-refractivity contribution in [2.24, 2.45) is 5.92 Å². The van der Waals surface area contributed by atoms with Crippen molar-refractivity contribution in [1.29, 1.82) is 0 Å². The van der Waals surface area contributed by atoms with E-state index in [-0.39, 0.29) is 22.9 Å². The molecule has 0 aliphatic rings. The van der Waals surface area contributed by atoms with E-state index in [0.717, 1.165) is 0 Å². The first-order chi connectivity index (χ1) is 9.43. The molecule has 1 rings (SSSR count). The molecule has 7 nitrogen and oxygen atoms in total. The van der Waals surface area contributed by atoms with Crippen molar-refractivity contribution in [3.05, 3.63) is 23.8 Å². The Hall–Kier alpha value is -2.28. The van der Waals surface area contributed by atoms with Crippen molar-refractivity contribution in [2.75, 3.05) is 25.6 Å². The van der Waals surface area contributed by atoms with E-state index in [4.69, 9.17) is 9.84 Å². The molecule has 0 bridgehead atoms. The molecule has 1 aromatic carbocycles. The van der Waals surface area contributed by atoms with E-state index in [9.17, 15) is 14.7 Å². The van der Waals surface area contributed by atoms with Crippen molar-refractivity contribution >= 4 is 17.7 Å². The summed E-state index contributed by atoms with van der Waals surface area (Å²) in [5.74, 6) is -1.45. The van der Waals surface area contributed by atoms with Gasteiger partial charge >= 0.3 is 12.0 Å². The highest BCUT2D eigenvalue weighted by Crippen LogP contribution is 2.21. The van der Waals surface area contributed by atoms with Gasteiger partial charge in [0.25, 0.3) is 0 Å². The second-order valence-electron chi connectivity index (χ2n) is 4.43. The molecule has 110 valence electrons. The number of aromatic carboxylic acids is 1. The van der Waals surface area contributed by atoms with Crippen LogP contribution in [-0.4, -0.2) is 42.5 Å². The van der Waals surface area contributed by atoms with E-state index in [2.05, 4.69) is 10.6 Å². The lowest BCUT2D eigenvalue weighted by atomic mass is 10.2. The van der Waals surface area contributed by atoms with Crippen LogP contribution in [0.5, 0.6) is 5.75 Å². The number of carboxylic acids is 1. The van der Waals surface area contributed by atoms with Crippen LogP contribution < -0.4 is 10.6 Å².